The van der Waals surface area contributed by atoms with Crippen molar-refractivity contribution in [2.75, 3.05) is 14.2 Å². The van der Waals surface area contributed by atoms with Gasteiger partial charge in [-0.15, -0.1) is 0 Å². The topological polar surface area (TPSA) is 65.4 Å². The fourth-order valence-corrected chi connectivity index (χ4v) is 3.28. The number of hydrogen-bond acceptors (Lipinski definition) is 4. The molecule has 0 bridgehead atoms. The molecule has 1 amide bonds. The molecule has 1 atom stereocenters. The first kappa shape index (κ1) is 21.4. The predicted octanol–water partition coefficient (Wildman–Crippen LogP) is 4.25. The summed E-state index contributed by atoms with van der Waals surface area (Å²) in [4.78, 5) is 17.6. The molecule has 0 spiro atoms. The molecule has 6 heteroatoms. The van der Waals surface area contributed by atoms with Crippen molar-refractivity contribution in [2.24, 2.45) is 7.05 Å². The van der Waals surface area contributed by atoms with Crippen LogP contribution in [0.5, 0.6) is 11.5 Å². The molecule has 0 fully saturated rings. The van der Waals surface area contributed by atoms with Crippen molar-refractivity contribution < 1.29 is 14.3 Å². The van der Waals surface area contributed by atoms with E-state index in [4.69, 9.17) is 9.47 Å². The van der Waals surface area contributed by atoms with Crippen LogP contribution in [0.25, 0.3) is 0 Å². The van der Waals surface area contributed by atoms with Crippen LogP contribution < -0.4 is 14.8 Å². The molecular formula is C24H29N3O3. The van der Waals surface area contributed by atoms with Crippen molar-refractivity contribution in [3.8, 4) is 11.5 Å². The smallest absolute Gasteiger partial charge is 0.252 e. The molecule has 0 aliphatic rings. The summed E-state index contributed by atoms with van der Waals surface area (Å²) in [5, 5.41) is 3.12. The molecule has 1 heterocycles. The molecule has 2 aromatic carbocycles. The number of aromatic nitrogens is 2. The SMILES string of the molecule is COc1cc(OC)cc(C(NC(=O)c2ccc(C(C)(C)C)cc2)c2nccn2C)c1. The third kappa shape index (κ3) is 4.64. The minimum absolute atomic E-state index is 0.0294. The molecule has 3 aromatic rings. The van der Waals surface area contributed by atoms with Crippen LogP contribution in [-0.4, -0.2) is 29.7 Å². The maximum absolute atomic E-state index is 13.1. The van der Waals surface area contributed by atoms with Crippen LogP contribution in [0.4, 0.5) is 0 Å². The van der Waals surface area contributed by atoms with Gasteiger partial charge in [0.1, 0.15) is 23.4 Å². The highest BCUT2D eigenvalue weighted by atomic mass is 16.5. The number of carbonyl (C=O) groups excluding carboxylic acids is 1. The zero-order valence-corrected chi connectivity index (χ0v) is 18.4. The number of nitrogens with zero attached hydrogens (tertiary/aromatic N) is 2. The van der Waals surface area contributed by atoms with Gasteiger partial charge >= 0.3 is 0 Å². The predicted molar refractivity (Wildman–Crippen MR) is 117 cm³/mol. The van der Waals surface area contributed by atoms with E-state index in [0.29, 0.717) is 22.9 Å². The number of aryl methyl sites for hydroxylation is 1. The number of methoxy groups -OCH3 is 2. The Labute approximate surface area is 177 Å². The van der Waals surface area contributed by atoms with Crippen molar-refractivity contribution in [2.45, 2.75) is 32.2 Å². The van der Waals surface area contributed by atoms with Crippen LogP contribution in [-0.2, 0) is 12.5 Å². The Morgan fingerprint density at radius 1 is 1.03 bits per heavy atom. The summed E-state index contributed by atoms with van der Waals surface area (Å²) in [5.41, 5.74) is 2.62. The van der Waals surface area contributed by atoms with Crippen molar-refractivity contribution in [1.29, 1.82) is 0 Å². The number of ether oxygens (including phenoxy) is 2. The van der Waals surface area contributed by atoms with Gasteiger partial charge in [0, 0.05) is 31.1 Å². The number of benzene rings is 2. The maximum atomic E-state index is 13.1. The van der Waals surface area contributed by atoms with E-state index < -0.39 is 6.04 Å². The average molecular weight is 408 g/mol. The van der Waals surface area contributed by atoms with Crippen molar-refractivity contribution >= 4 is 5.91 Å². The van der Waals surface area contributed by atoms with Crippen LogP contribution in [0.1, 0.15) is 54.1 Å². The molecule has 1 unspecified atom stereocenters. The van der Waals surface area contributed by atoms with Gasteiger partial charge in [-0.05, 0) is 40.8 Å². The standard InChI is InChI=1S/C24H29N3O3/c1-24(2,3)18-9-7-16(8-10-18)23(28)26-21(22-25-11-12-27(22)4)17-13-19(29-5)15-20(14-17)30-6/h7-15,21H,1-6H3,(H,26,28). The van der Waals surface area contributed by atoms with E-state index in [1.54, 1.807) is 26.5 Å². The van der Waals surface area contributed by atoms with Gasteiger partial charge in [0.2, 0.25) is 0 Å². The van der Waals surface area contributed by atoms with E-state index in [9.17, 15) is 4.79 Å². The highest BCUT2D eigenvalue weighted by Gasteiger charge is 2.23. The number of amides is 1. The van der Waals surface area contributed by atoms with E-state index in [0.717, 1.165) is 5.56 Å². The average Bonchev–Trinajstić information content (AvgIpc) is 3.16. The summed E-state index contributed by atoms with van der Waals surface area (Å²) in [6, 6.07) is 12.8. The fraction of sp³-hybridized carbons (Fsp3) is 0.333. The van der Waals surface area contributed by atoms with Gasteiger partial charge in [-0.1, -0.05) is 32.9 Å². The van der Waals surface area contributed by atoms with Crippen molar-refractivity contribution in [1.82, 2.24) is 14.9 Å². The van der Waals surface area contributed by atoms with Crippen LogP contribution in [0, 0.1) is 0 Å². The zero-order valence-electron chi connectivity index (χ0n) is 18.4. The normalized spacial score (nSPS) is 12.3. The monoisotopic (exact) mass is 407 g/mol. The number of carbonyl (C=O) groups is 1. The Hall–Kier alpha value is -3.28. The Bertz CT molecular complexity index is 995. The van der Waals surface area contributed by atoms with E-state index in [1.807, 2.05) is 54.2 Å². The van der Waals surface area contributed by atoms with Gasteiger partial charge < -0.3 is 19.4 Å². The third-order valence-corrected chi connectivity index (χ3v) is 5.11. The second-order valence-electron chi connectivity index (χ2n) is 8.28. The number of nitrogens with one attached hydrogen (secondary N) is 1. The fourth-order valence-electron chi connectivity index (χ4n) is 3.28. The van der Waals surface area contributed by atoms with Crippen LogP contribution in [0.15, 0.2) is 54.9 Å². The largest absolute Gasteiger partial charge is 0.497 e. The lowest BCUT2D eigenvalue weighted by Crippen LogP contribution is -2.31. The van der Waals surface area contributed by atoms with Crippen molar-refractivity contribution in [3.63, 3.8) is 0 Å². The Balaban J connectivity index is 1.97. The minimum Gasteiger partial charge on any atom is -0.497 e. The molecule has 0 saturated heterocycles. The minimum atomic E-state index is -0.469. The number of hydrogen-bond donors (Lipinski definition) is 1. The molecule has 1 aromatic heterocycles. The summed E-state index contributed by atoms with van der Waals surface area (Å²) in [5.74, 6) is 1.83. The second-order valence-corrected chi connectivity index (χ2v) is 8.28. The Morgan fingerprint density at radius 2 is 1.63 bits per heavy atom. The first-order valence-electron chi connectivity index (χ1n) is 9.84. The van der Waals surface area contributed by atoms with Gasteiger partial charge in [0.15, 0.2) is 0 Å². The third-order valence-electron chi connectivity index (χ3n) is 5.11. The summed E-state index contributed by atoms with van der Waals surface area (Å²) in [6.45, 7) is 6.44. The molecule has 0 aliphatic heterocycles. The molecule has 3 rings (SSSR count). The summed E-state index contributed by atoms with van der Waals surface area (Å²) < 4.78 is 12.7. The van der Waals surface area contributed by atoms with Crippen LogP contribution in [0.3, 0.4) is 0 Å². The first-order valence-corrected chi connectivity index (χ1v) is 9.84. The molecule has 0 saturated carbocycles. The molecule has 1 N–H and O–H groups in total. The van der Waals surface area contributed by atoms with Crippen molar-refractivity contribution in [3.05, 3.63) is 77.4 Å². The van der Waals surface area contributed by atoms with Gasteiger partial charge in [-0.2, -0.15) is 0 Å². The van der Waals surface area contributed by atoms with E-state index in [2.05, 4.69) is 31.1 Å². The van der Waals surface area contributed by atoms with Crippen LogP contribution >= 0.6 is 0 Å². The second kappa shape index (κ2) is 8.61. The lowest BCUT2D eigenvalue weighted by atomic mass is 9.86. The maximum Gasteiger partial charge on any atom is 0.252 e. The molecule has 6 nitrogen and oxygen atoms in total. The van der Waals surface area contributed by atoms with E-state index in [1.165, 1.54) is 5.56 Å². The van der Waals surface area contributed by atoms with Gasteiger partial charge in [-0.3, -0.25) is 4.79 Å². The first-order chi connectivity index (χ1) is 14.2. The van der Waals surface area contributed by atoms with Crippen LogP contribution in [0.2, 0.25) is 0 Å². The lowest BCUT2D eigenvalue weighted by molar-refractivity contribution is 0.0941. The van der Waals surface area contributed by atoms with E-state index >= 15 is 0 Å². The lowest BCUT2D eigenvalue weighted by Gasteiger charge is -2.21. The Kier molecular flexibility index (Phi) is 6.15. The molecule has 0 aliphatic carbocycles. The summed E-state index contributed by atoms with van der Waals surface area (Å²) in [7, 11) is 5.10. The Morgan fingerprint density at radius 3 is 2.10 bits per heavy atom. The number of rotatable bonds is 6. The quantitative estimate of drug-likeness (QED) is 0.663. The van der Waals surface area contributed by atoms with Gasteiger partial charge in [0.05, 0.1) is 14.2 Å². The zero-order chi connectivity index (χ0) is 21.9. The summed E-state index contributed by atoms with van der Waals surface area (Å²) in [6.07, 6.45) is 3.56. The highest BCUT2D eigenvalue weighted by Crippen LogP contribution is 2.30. The molecule has 158 valence electrons. The molecule has 30 heavy (non-hydrogen) atoms. The van der Waals surface area contributed by atoms with Gasteiger partial charge in [0.25, 0.3) is 5.91 Å². The van der Waals surface area contributed by atoms with Gasteiger partial charge in [-0.25, -0.2) is 4.98 Å². The highest BCUT2D eigenvalue weighted by molar-refractivity contribution is 5.94. The molecule has 0 radical (unpaired) electrons. The van der Waals surface area contributed by atoms with E-state index in [-0.39, 0.29) is 11.3 Å². The molecular weight excluding hydrogens is 378 g/mol. The summed E-state index contributed by atoms with van der Waals surface area (Å²) >= 11 is 0. The number of imidazole rings is 1.